The van der Waals surface area contributed by atoms with Crippen LogP contribution in [-0.4, -0.2) is 26.2 Å². The highest BCUT2D eigenvalue weighted by Crippen LogP contribution is 2.52. The molecule has 1 rings (SSSR count). The number of allylic oxidation sites excluding steroid dienone is 1. The Balaban J connectivity index is 2.60. The van der Waals surface area contributed by atoms with E-state index in [0.717, 1.165) is 6.42 Å². The smallest absolute Gasteiger partial charge is 0.330 e. The second-order valence-corrected chi connectivity index (χ2v) is 4.62. The van der Waals surface area contributed by atoms with Crippen LogP contribution in [0.2, 0.25) is 0 Å². The van der Waals surface area contributed by atoms with Gasteiger partial charge in [-0.15, -0.1) is 0 Å². The Labute approximate surface area is 95.6 Å². The van der Waals surface area contributed by atoms with Crippen molar-refractivity contribution < 1.29 is 19.1 Å². The Hall–Kier alpha value is -1.32. The first-order chi connectivity index (χ1) is 7.43. The number of rotatable bonds is 3. The van der Waals surface area contributed by atoms with Crippen LogP contribution in [-0.2, 0) is 19.1 Å². The van der Waals surface area contributed by atoms with Crippen LogP contribution in [0.1, 0.15) is 20.3 Å². The normalized spacial score (nSPS) is 27.2. The topological polar surface area (TPSA) is 52.6 Å². The van der Waals surface area contributed by atoms with E-state index in [4.69, 9.17) is 4.74 Å². The average Bonchev–Trinajstić information content (AvgIpc) is 2.26. The van der Waals surface area contributed by atoms with Crippen molar-refractivity contribution in [2.75, 3.05) is 14.2 Å². The van der Waals surface area contributed by atoms with Crippen LogP contribution >= 0.6 is 0 Å². The molecule has 0 spiro atoms. The number of esters is 2. The highest BCUT2D eigenvalue weighted by Gasteiger charge is 2.51. The van der Waals surface area contributed by atoms with E-state index in [2.05, 4.69) is 4.74 Å². The molecule has 16 heavy (non-hydrogen) atoms. The van der Waals surface area contributed by atoms with Crippen LogP contribution in [0.15, 0.2) is 12.2 Å². The first kappa shape index (κ1) is 12.7. The van der Waals surface area contributed by atoms with E-state index in [0.29, 0.717) is 0 Å². The fourth-order valence-corrected chi connectivity index (χ4v) is 2.09. The lowest BCUT2D eigenvalue weighted by atomic mass is 9.54. The minimum atomic E-state index is -0.364. The molecule has 0 saturated heterocycles. The molecule has 2 atom stereocenters. The fourth-order valence-electron chi connectivity index (χ4n) is 2.09. The first-order valence-electron chi connectivity index (χ1n) is 5.27. The van der Waals surface area contributed by atoms with Gasteiger partial charge >= 0.3 is 11.9 Å². The van der Waals surface area contributed by atoms with E-state index in [1.165, 1.54) is 20.3 Å². The largest absolute Gasteiger partial charge is 0.469 e. The molecule has 4 heteroatoms. The Bertz CT molecular complexity index is 317. The van der Waals surface area contributed by atoms with Gasteiger partial charge in [-0.1, -0.05) is 19.9 Å². The number of carbonyl (C=O) groups excluding carboxylic acids is 2. The zero-order chi connectivity index (χ0) is 12.3. The maximum Gasteiger partial charge on any atom is 0.330 e. The van der Waals surface area contributed by atoms with Gasteiger partial charge in [0, 0.05) is 6.08 Å². The molecule has 1 saturated carbocycles. The quantitative estimate of drug-likeness (QED) is 0.541. The molecule has 1 aliphatic carbocycles. The van der Waals surface area contributed by atoms with Crippen molar-refractivity contribution in [2.45, 2.75) is 20.3 Å². The van der Waals surface area contributed by atoms with E-state index < -0.39 is 0 Å². The Morgan fingerprint density at radius 3 is 2.31 bits per heavy atom. The summed E-state index contributed by atoms with van der Waals surface area (Å²) in [5.41, 5.74) is -0.155. The summed E-state index contributed by atoms with van der Waals surface area (Å²) in [4.78, 5) is 22.3. The number of ether oxygens (including phenoxy) is 2. The zero-order valence-corrected chi connectivity index (χ0v) is 10.1. The lowest BCUT2D eigenvalue weighted by Gasteiger charge is -2.49. The van der Waals surface area contributed by atoms with Gasteiger partial charge in [0.1, 0.15) is 0 Å². The lowest BCUT2D eigenvalue weighted by molar-refractivity contribution is -0.159. The van der Waals surface area contributed by atoms with Gasteiger partial charge < -0.3 is 9.47 Å². The number of hydrogen-bond donors (Lipinski definition) is 0. The second kappa shape index (κ2) is 4.68. The Kier molecular flexibility index (Phi) is 3.73. The molecule has 4 nitrogen and oxygen atoms in total. The van der Waals surface area contributed by atoms with Crippen molar-refractivity contribution in [2.24, 2.45) is 17.3 Å². The molecule has 1 fully saturated rings. The van der Waals surface area contributed by atoms with E-state index >= 15 is 0 Å². The molecule has 0 heterocycles. The van der Waals surface area contributed by atoms with Crippen LogP contribution in [0.5, 0.6) is 0 Å². The Morgan fingerprint density at radius 1 is 1.25 bits per heavy atom. The molecule has 0 aromatic rings. The van der Waals surface area contributed by atoms with Crippen molar-refractivity contribution in [3.63, 3.8) is 0 Å². The average molecular weight is 226 g/mol. The maximum atomic E-state index is 11.4. The number of hydrogen-bond acceptors (Lipinski definition) is 4. The molecule has 0 amide bonds. The minimum absolute atomic E-state index is 0.0789. The maximum absolute atomic E-state index is 11.4. The summed E-state index contributed by atoms with van der Waals surface area (Å²) in [6.45, 7) is 4.01. The van der Waals surface area contributed by atoms with Gasteiger partial charge in [0.25, 0.3) is 0 Å². The SMILES string of the molecule is COC(=O)/C=C/[C@H]1C[C@@H](C(=O)OC)C1(C)C. The summed E-state index contributed by atoms with van der Waals surface area (Å²) >= 11 is 0. The van der Waals surface area contributed by atoms with E-state index in [1.54, 1.807) is 0 Å². The fraction of sp³-hybridized carbons (Fsp3) is 0.667. The van der Waals surface area contributed by atoms with Gasteiger partial charge in [-0.2, -0.15) is 0 Å². The van der Waals surface area contributed by atoms with Crippen LogP contribution in [0.3, 0.4) is 0 Å². The lowest BCUT2D eigenvalue weighted by Crippen LogP contribution is -2.48. The molecule has 0 aromatic heterocycles. The van der Waals surface area contributed by atoms with Crippen molar-refractivity contribution in [3.8, 4) is 0 Å². The molecular weight excluding hydrogens is 208 g/mol. The first-order valence-corrected chi connectivity index (χ1v) is 5.27. The van der Waals surface area contributed by atoms with Crippen molar-refractivity contribution in [3.05, 3.63) is 12.2 Å². The van der Waals surface area contributed by atoms with Crippen LogP contribution in [0.25, 0.3) is 0 Å². The third kappa shape index (κ3) is 2.26. The van der Waals surface area contributed by atoms with Gasteiger partial charge in [0.2, 0.25) is 0 Å². The molecule has 0 N–H and O–H groups in total. The Morgan fingerprint density at radius 2 is 1.88 bits per heavy atom. The number of carbonyl (C=O) groups is 2. The summed E-state index contributed by atoms with van der Waals surface area (Å²) in [5, 5.41) is 0. The summed E-state index contributed by atoms with van der Waals surface area (Å²) in [6, 6.07) is 0. The molecule has 90 valence electrons. The molecular formula is C12H18O4. The molecule has 0 aliphatic heterocycles. The van der Waals surface area contributed by atoms with Crippen LogP contribution in [0, 0.1) is 17.3 Å². The van der Waals surface area contributed by atoms with E-state index in [-0.39, 0.29) is 29.2 Å². The van der Waals surface area contributed by atoms with Crippen molar-refractivity contribution in [1.29, 1.82) is 0 Å². The van der Waals surface area contributed by atoms with Crippen LogP contribution < -0.4 is 0 Å². The van der Waals surface area contributed by atoms with E-state index in [9.17, 15) is 9.59 Å². The summed E-state index contributed by atoms with van der Waals surface area (Å²) in [7, 11) is 2.74. The van der Waals surface area contributed by atoms with Crippen molar-refractivity contribution >= 4 is 11.9 Å². The second-order valence-electron chi connectivity index (χ2n) is 4.62. The van der Waals surface area contributed by atoms with Gasteiger partial charge in [0.05, 0.1) is 20.1 Å². The van der Waals surface area contributed by atoms with Gasteiger partial charge in [-0.05, 0) is 17.8 Å². The molecule has 0 bridgehead atoms. The summed E-state index contributed by atoms with van der Waals surface area (Å²) in [6.07, 6.45) is 3.96. The highest BCUT2D eigenvalue weighted by molar-refractivity contribution is 5.82. The summed E-state index contributed by atoms with van der Waals surface area (Å²) in [5.74, 6) is -0.398. The van der Waals surface area contributed by atoms with Gasteiger partial charge in [-0.3, -0.25) is 4.79 Å². The monoisotopic (exact) mass is 226 g/mol. The summed E-state index contributed by atoms with van der Waals surface area (Å²) < 4.78 is 9.25. The predicted molar refractivity (Wildman–Crippen MR) is 58.6 cm³/mol. The van der Waals surface area contributed by atoms with Gasteiger partial charge in [0.15, 0.2) is 0 Å². The molecule has 0 radical (unpaired) electrons. The third-order valence-corrected chi connectivity index (χ3v) is 3.49. The van der Waals surface area contributed by atoms with Crippen LogP contribution in [0.4, 0.5) is 0 Å². The minimum Gasteiger partial charge on any atom is -0.469 e. The van der Waals surface area contributed by atoms with Gasteiger partial charge in [-0.25, -0.2) is 4.79 Å². The molecule has 1 aliphatic rings. The van der Waals surface area contributed by atoms with E-state index in [1.807, 2.05) is 19.9 Å². The molecule has 0 unspecified atom stereocenters. The highest BCUT2D eigenvalue weighted by atomic mass is 16.5. The standard InChI is InChI=1S/C12H18O4/c1-12(2)8(5-6-10(13)15-3)7-9(12)11(14)16-4/h5-6,8-9H,7H2,1-4H3/b6-5+/t8-,9-/m0/s1. The number of methoxy groups -OCH3 is 2. The molecule has 0 aromatic carbocycles. The zero-order valence-electron chi connectivity index (χ0n) is 10.1. The predicted octanol–water partition coefficient (Wildman–Crippen LogP) is 1.55. The third-order valence-electron chi connectivity index (χ3n) is 3.49. The van der Waals surface area contributed by atoms with Crippen molar-refractivity contribution in [1.82, 2.24) is 0 Å².